The van der Waals surface area contributed by atoms with Gasteiger partial charge in [0.25, 0.3) is 0 Å². The van der Waals surface area contributed by atoms with Crippen LogP contribution < -0.4 is 4.74 Å². The van der Waals surface area contributed by atoms with E-state index in [4.69, 9.17) is 21.1 Å². The summed E-state index contributed by atoms with van der Waals surface area (Å²) in [6, 6.07) is 6.91. The molecule has 0 aliphatic carbocycles. The van der Waals surface area contributed by atoms with Crippen molar-refractivity contribution in [3.63, 3.8) is 0 Å². The first-order chi connectivity index (χ1) is 13.4. The molecule has 2 aromatic heterocycles. The Morgan fingerprint density at radius 3 is 2.82 bits per heavy atom. The third kappa shape index (κ3) is 4.84. The summed E-state index contributed by atoms with van der Waals surface area (Å²) >= 11 is 7.09. The Bertz CT molecular complexity index is 986. The molecule has 0 bridgehead atoms. The van der Waals surface area contributed by atoms with Crippen LogP contribution >= 0.6 is 22.9 Å². The van der Waals surface area contributed by atoms with E-state index in [2.05, 4.69) is 9.97 Å². The zero-order valence-corrected chi connectivity index (χ0v) is 16.3. The lowest BCUT2D eigenvalue weighted by atomic mass is 10.3. The van der Waals surface area contributed by atoms with Crippen LogP contribution in [0.4, 0.5) is 5.82 Å². The number of rotatable bonds is 8. The highest BCUT2D eigenvalue weighted by atomic mass is 35.5. The van der Waals surface area contributed by atoms with E-state index < -0.39 is 10.9 Å². The van der Waals surface area contributed by atoms with Crippen LogP contribution in [0.5, 0.6) is 5.75 Å². The Labute approximate surface area is 168 Å². The number of imidazole rings is 1. The Hall–Kier alpha value is -2.98. The third-order valence-electron chi connectivity index (χ3n) is 3.71. The maximum Gasteiger partial charge on any atom is 0.357 e. The predicted molar refractivity (Wildman–Crippen MR) is 102 cm³/mol. The first-order valence-corrected chi connectivity index (χ1v) is 9.36. The molecule has 0 unspecified atom stereocenters. The molecule has 0 N–H and O–H groups in total. The Kier molecular flexibility index (Phi) is 6.22. The maximum atomic E-state index is 12.1. The fourth-order valence-electron chi connectivity index (χ4n) is 2.33. The molecule has 3 rings (SSSR count). The number of aryl methyl sites for hydroxylation is 1. The number of esters is 1. The topological polar surface area (TPSA) is 109 Å². The largest absolute Gasteiger partial charge is 0.486 e. The second-order valence-corrected chi connectivity index (χ2v) is 6.96. The smallest absolute Gasteiger partial charge is 0.357 e. The number of ether oxygens (including phenoxy) is 2. The van der Waals surface area contributed by atoms with Gasteiger partial charge in [-0.25, -0.2) is 19.3 Å². The van der Waals surface area contributed by atoms with E-state index in [1.54, 1.807) is 36.6 Å². The summed E-state index contributed by atoms with van der Waals surface area (Å²) in [5.41, 5.74) is 0.163. The average Bonchev–Trinajstić information content (AvgIpc) is 3.28. The van der Waals surface area contributed by atoms with Crippen LogP contribution in [0, 0.1) is 17.0 Å². The molecule has 11 heteroatoms. The average molecular weight is 423 g/mol. The standard InChI is InChI=1S/C17H15ClN4O5S/c1-11-19-8-16(22(24)25)21(11)6-7-26-17(23)14-10-28-15(20-14)9-27-13-4-2-12(18)3-5-13/h2-5,8,10H,6-7,9H2,1H3. The molecule has 0 saturated carbocycles. The van der Waals surface area contributed by atoms with Gasteiger partial charge in [0.1, 0.15) is 36.7 Å². The van der Waals surface area contributed by atoms with E-state index in [1.165, 1.54) is 22.1 Å². The van der Waals surface area contributed by atoms with Gasteiger partial charge >= 0.3 is 11.8 Å². The fraction of sp³-hybridized carbons (Fsp3) is 0.235. The van der Waals surface area contributed by atoms with Gasteiger partial charge in [0.2, 0.25) is 0 Å². The number of carbonyl (C=O) groups excluding carboxylic acids is 1. The molecule has 28 heavy (non-hydrogen) atoms. The zero-order chi connectivity index (χ0) is 20.1. The highest BCUT2D eigenvalue weighted by Crippen LogP contribution is 2.19. The van der Waals surface area contributed by atoms with Crippen molar-refractivity contribution in [2.45, 2.75) is 20.1 Å². The monoisotopic (exact) mass is 422 g/mol. The molecule has 0 aliphatic rings. The summed E-state index contributed by atoms with van der Waals surface area (Å²) in [5, 5.41) is 13.8. The summed E-state index contributed by atoms with van der Waals surface area (Å²) in [4.78, 5) is 30.6. The van der Waals surface area contributed by atoms with E-state index in [-0.39, 0.29) is 31.3 Å². The van der Waals surface area contributed by atoms with Crippen LogP contribution in [0.15, 0.2) is 35.8 Å². The summed E-state index contributed by atoms with van der Waals surface area (Å²) in [5.74, 6) is 0.359. The van der Waals surface area contributed by atoms with Crippen LogP contribution in [0.1, 0.15) is 21.3 Å². The number of nitro groups is 1. The number of halogens is 1. The molecule has 9 nitrogen and oxygen atoms in total. The van der Waals surface area contributed by atoms with Gasteiger partial charge in [-0.1, -0.05) is 11.6 Å². The molecule has 1 aromatic carbocycles. The summed E-state index contributed by atoms with van der Waals surface area (Å²) in [6.45, 7) is 1.94. The van der Waals surface area contributed by atoms with Gasteiger partial charge in [0.15, 0.2) is 11.5 Å². The lowest BCUT2D eigenvalue weighted by molar-refractivity contribution is -0.392. The molecule has 3 aromatic rings. The first kappa shape index (κ1) is 19.8. The molecule has 0 saturated heterocycles. The minimum atomic E-state index is -0.602. The molecule has 2 heterocycles. The lowest BCUT2D eigenvalue weighted by Gasteiger charge is -2.04. The van der Waals surface area contributed by atoms with Gasteiger partial charge in [0.05, 0.1) is 0 Å². The summed E-state index contributed by atoms with van der Waals surface area (Å²) in [7, 11) is 0. The quantitative estimate of drug-likeness (QED) is 0.309. The molecule has 146 valence electrons. The second kappa shape index (κ2) is 8.81. The molecule has 0 spiro atoms. The van der Waals surface area contributed by atoms with Crippen LogP contribution in [0.3, 0.4) is 0 Å². The number of benzene rings is 1. The van der Waals surface area contributed by atoms with Gasteiger partial charge in [-0.3, -0.25) is 0 Å². The van der Waals surface area contributed by atoms with Crippen molar-refractivity contribution in [3.8, 4) is 5.75 Å². The van der Waals surface area contributed by atoms with Gasteiger partial charge in [0, 0.05) is 17.3 Å². The zero-order valence-electron chi connectivity index (χ0n) is 14.7. The Morgan fingerprint density at radius 2 is 2.11 bits per heavy atom. The Morgan fingerprint density at radius 1 is 1.36 bits per heavy atom. The van der Waals surface area contributed by atoms with Crippen molar-refractivity contribution in [1.29, 1.82) is 0 Å². The number of nitrogens with zero attached hydrogens (tertiary/aromatic N) is 4. The van der Waals surface area contributed by atoms with E-state index >= 15 is 0 Å². The minimum absolute atomic E-state index is 0.0367. The minimum Gasteiger partial charge on any atom is -0.486 e. The fourth-order valence-corrected chi connectivity index (χ4v) is 3.13. The lowest BCUT2D eigenvalue weighted by Crippen LogP contribution is -2.14. The first-order valence-electron chi connectivity index (χ1n) is 8.10. The molecule has 0 atom stereocenters. The highest BCUT2D eigenvalue weighted by molar-refractivity contribution is 7.09. The van der Waals surface area contributed by atoms with Crippen LogP contribution in [-0.4, -0.2) is 32.0 Å². The maximum absolute atomic E-state index is 12.1. The SMILES string of the molecule is Cc1ncc([N+](=O)[O-])n1CCOC(=O)c1csc(COc2ccc(Cl)cc2)n1. The number of hydrogen-bond donors (Lipinski definition) is 0. The van der Waals surface area contributed by atoms with Crippen LogP contribution in [0.2, 0.25) is 5.02 Å². The number of aromatic nitrogens is 3. The third-order valence-corrected chi connectivity index (χ3v) is 4.78. The predicted octanol–water partition coefficient (Wildman–Crippen LogP) is 3.65. The van der Waals surface area contributed by atoms with E-state index in [9.17, 15) is 14.9 Å². The van der Waals surface area contributed by atoms with Crippen molar-refractivity contribution >= 4 is 34.7 Å². The number of carbonyl (C=O) groups is 1. The molecular formula is C17H15ClN4O5S. The molecule has 0 amide bonds. The molecule has 0 aliphatic heterocycles. The van der Waals surface area contributed by atoms with Crippen molar-refractivity contribution in [2.75, 3.05) is 6.61 Å². The van der Waals surface area contributed by atoms with E-state index in [0.717, 1.165) is 0 Å². The molecule has 0 radical (unpaired) electrons. The van der Waals surface area contributed by atoms with Crippen molar-refractivity contribution in [1.82, 2.24) is 14.5 Å². The van der Waals surface area contributed by atoms with Crippen LogP contribution in [0.25, 0.3) is 0 Å². The van der Waals surface area contributed by atoms with Gasteiger partial charge in [-0.05, 0) is 29.2 Å². The summed E-state index contributed by atoms with van der Waals surface area (Å²) in [6.07, 6.45) is 1.17. The molecular weight excluding hydrogens is 408 g/mol. The number of thiazole rings is 1. The van der Waals surface area contributed by atoms with E-state index in [1.807, 2.05) is 0 Å². The van der Waals surface area contributed by atoms with Gasteiger partial charge < -0.3 is 19.6 Å². The normalized spacial score (nSPS) is 10.6. The Balaban J connectivity index is 1.51. The van der Waals surface area contributed by atoms with Gasteiger partial charge in [-0.2, -0.15) is 0 Å². The summed E-state index contributed by atoms with van der Waals surface area (Å²) < 4.78 is 12.1. The van der Waals surface area contributed by atoms with Crippen molar-refractivity contribution in [2.24, 2.45) is 0 Å². The van der Waals surface area contributed by atoms with Crippen molar-refractivity contribution in [3.05, 3.63) is 67.5 Å². The number of hydrogen-bond acceptors (Lipinski definition) is 8. The molecule has 0 fully saturated rings. The van der Waals surface area contributed by atoms with Gasteiger partial charge in [-0.15, -0.1) is 11.3 Å². The second-order valence-electron chi connectivity index (χ2n) is 5.58. The highest BCUT2D eigenvalue weighted by Gasteiger charge is 2.18. The van der Waals surface area contributed by atoms with Crippen molar-refractivity contribution < 1.29 is 19.2 Å². The van der Waals surface area contributed by atoms with E-state index in [0.29, 0.717) is 21.6 Å². The van der Waals surface area contributed by atoms with Crippen LogP contribution in [-0.2, 0) is 17.9 Å².